The average molecular weight is 791 g/mol. The van der Waals surface area contributed by atoms with E-state index in [0.717, 1.165) is 33.9 Å². The molecule has 0 N–H and O–H groups in total. The quantitative estimate of drug-likeness (QED) is 0.167. The molecule has 11 rings (SSSR count). The van der Waals surface area contributed by atoms with Gasteiger partial charge < -0.3 is 14.2 Å². The molecule has 298 valence electrons. The van der Waals surface area contributed by atoms with Crippen LogP contribution in [-0.4, -0.2) is 0 Å². The Kier molecular flexibility index (Phi) is 8.13. The van der Waals surface area contributed by atoms with Crippen LogP contribution in [0.5, 0.6) is 0 Å². The molecule has 9 aromatic rings. The number of nitrogens with zero attached hydrogens (tertiary/aromatic N) is 2. The van der Waals surface area contributed by atoms with Gasteiger partial charge in [-0.1, -0.05) is 130 Å². The summed E-state index contributed by atoms with van der Waals surface area (Å²) in [6, 6.07) is 58.2. The highest BCUT2D eigenvalue weighted by Gasteiger charge is 2.49. The summed E-state index contributed by atoms with van der Waals surface area (Å²) in [6.45, 7) is 18.5. The van der Waals surface area contributed by atoms with Gasteiger partial charge in [-0.2, -0.15) is 0 Å². The first kappa shape index (κ1) is 37.2. The standard InChI is InChI=1S/C58H50N2O/c1-35-21-25-39(26-22-35)59(40-27-23-36(2)24-28-40)41-29-32-44-47(33-41)58(7,8)55-53(44)56-52(45-17-11-14-20-50(45)61-56)51-43-31-30-42(34-46(43)57(5,6)54(51)55)60(48-18-12-9-15-37(48)3)49-19-13-10-16-38(49)4/h9-34H,1-8H3. The van der Waals surface area contributed by atoms with Crippen LogP contribution in [0.2, 0.25) is 0 Å². The van der Waals surface area contributed by atoms with Gasteiger partial charge in [-0.3, -0.25) is 0 Å². The molecule has 1 aromatic heterocycles. The van der Waals surface area contributed by atoms with Crippen molar-refractivity contribution in [2.24, 2.45) is 0 Å². The predicted octanol–water partition coefficient (Wildman–Crippen LogP) is 16.4. The fourth-order valence-electron chi connectivity index (χ4n) is 10.7. The second-order valence-corrected chi connectivity index (χ2v) is 18.4. The molecule has 2 aliphatic rings. The van der Waals surface area contributed by atoms with Crippen LogP contribution in [0.25, 0.3) is 44.2 Å². The van der Waals surface area contributed by atoms with Crippen molar-refractivity contribution in [1.29, 1.82) is 0 Å². The zero-order valence-corrected chi connectivity index (χ0v) is 36.3. The maximum absolute atomic E-state index is 7.08. The number of hydrogen-bond acceptors (Lipinski definition) is 3. The van der Waals surface area contributed by atoms with Crippen molar-refractivity contribution in [1.82, 2.24) is 0 Å². The van der Waals surface area contributed by atoms with E-state index in [9.17, 15) is 0 Å². The molecule has 0 atom stereocenters. The summed E-state index contributed by atoms with van der Waals surface area (Å²) in [5.41, 5.74) is 23.7. The summed E-state index contributed by atoms with van der Waals surface area (Å²) >= 11 is 0. The van der Waals surface area contributed by atoms with Crippen LogP contribution in [0.3, 0.4) is 0 Å². The van der Waals surface area contributed by atoms with Crippen molar-refractivity contribution >= 4 is 56.1 Å². The van der Waals surface area contributed by atoms with Crippen molar-refractivity contribution in [3.8, 4) is 22.3 Å². The molecule has 1 heterocycles. The highest BCUT2D eigenvalue weighted by atomic mass is 16.3. The third kappa shape index (κ3) is 5.42. The lowest BCUT2D eigenvalue weighted by Gasteiger charge is -2.32. The highest BCUT2D eigenvalue weighted by Crippen LogP contribution is 2.64. The summed E-state index contributed by atoms with van der Waals surface area (Å²) in [7, 11) is 0. The van der Waals surface area contributed by atoms with Gasteiger partial charge in [0.05, 0.1) is 0 Å². The van der Waals surface area contributed by atoms with Crippen molar-refractivity contribution in [2.75, 3.05) is 9.80 Å². The zero-order chi connectivity index (χ0) is 41.9. The number of furan rings is 1. The molecule has 0 amide bonds. The molecule has 0 aliphatic heterocycles. The van der Waals surface area contributed by atoms with Crippen molar-refractivity contribution < 1.29 is 4.42 Å². The Morgan fingerprint density at radius 2 is 0.869 bits per heavy atom. The SMILES string of the molecule is Cc1ccc(N(c2ccc(C)cc2)c2ccc3c(c2)C(C)(C)c2c4c(c5c(oc6ccccc65)c2-3)-c2ccc(N(c3ccccc3C)c3ccccc3C)cc2C4(C)C)cc1. The van der Waals surface area contributed by atoms with Gasteiger partial charge in [-0.05, 0) is 144 Å². The fraction of sp³-hybridized carbons (Fsp3) is 0.172. The number of anilines is 6. The van der Waals surface area contributed by atoms with Crippen LogP contribution in [-0.2, 0) is 10.8 Å². The number of benzene rings is 8. The molecule has 0 unspecified atom stereocenters. The van der Waals surface area contributed by atoms with Crippen LogP contribution in [0.4, 0.5) is 34.1 Å². The van der Waals surface area contributed by atoms with Crippen LogP contribution in [0.1, 0.15) is 72.2 Å². The topological polar surface area (TPSA) is 19.6 Å². The Labute approximate surface area is 359 Å². The van der Waals surface area contributed by atoms with E-state index in [4.69, 9.17) is 4.42 Å². The average Bonchev–Trinajstić information content (AvgIpc) is 3.83. The molecule has 3 heteroatoms. The van der Waals surface area contributed by atoms with E-state index in [1.165, 1.54) is 88.9 Å². The normalized spacial score (nSPS) is 14.2. The van der Waals surface area contributed by atoms with Gasteiger partial charge in [-0.15, -0.1) is 0 Å². The van der Waals surface area contributed by atoms with Crippen molar-refractivity contribution in [2.45, 2.75) is 66.2 Å². The molecule has 3 nitrogen and oxygen atoms in total. The Balaban J connectivity index is 1.16. The van der Waals surface area contributed by atoms with Crippen molar-refractivity contribution in [3.63, 3.8) is 0 Å². The lowest BCUT2D eigenvalue weighted by atomic mass is 9.72. The number of para-hydroxylation sites is 3. The minimum absolute atomic E-state index is 0.321. The van der Waals surface area contributed by atoms with Gasteiger partial charge in [0, 0.05) is 61.3 Å². The van der Waals surface area contributed by atoms with Crippen LogP contribution in [0.15, 0.2) is 162 Å². The summed E-state index contributed by atoms with van der Waals surface area (Å²) in [5, 5.41) is 2.38. The summed E-state index contributed by atoms with van der Waals surface area (Å²) in [5.74, 6) is 0. The lowest BCUT2D eigenvalue weighted by Crippen LogP contribution is -2.24. The number of fused-ring (bicyclic) bond motifs is 12. The third-order valence-electron chi connectivity index (χ3n) is 13.8. The first-order valence-electron chi connectivity index (χ1n) is 21.6. The number of hydrogen-bond donors (Lipinski definition) is 0. The molecule has 61 heavy (non-hydrogen) atoms. The lowest BCUT2D eigenvalue weighted by molar-refractivity contribution is 0.600. The van der Waals surface area contributed by atoms with Gasteiger partial charge in [0.15, 0.2) is 0 Å². The summed E-state index contributed by atoms with van der Waals surface area (Å²) < 4.78 is 7.08. The molecule has 0 saturated carbocycles. The Morgan fingerprint density at radius 1 is 0.426 bits per heavy atom. The summed E-state index contributed by atoms with van der Waals surface area (Å²) in [4.78, 5) is 4.85. The summed E-state index contributed by atoms with van der Waals surface area (Å²) in [6.07, 6.45) is 0. The Bertz CT molecular complexity index is 3140. The number of rotatable bonds is 6. The smallest absolute Gasteiger partial charge is 0.144 e. The van der Waals surface area contributed by atoms with Crippen molar-refractivity contribution in [3.05, 3.63) is 202 Å². The second kappa shape index (κ2) is 13.3. The largest absolute Gasteiger partial charge is 0.455 e. The molecule has 0 bridgehead atoms. The first-order chi connectivity index (χ1) is 29.4. The van der Waals surface area contributed by atoms with Gasteiger partial charge in [-0.25, -0.2) is 0 Å². The minimum Gasteiger partial charge on any atom is -0.455 e. The van der Waals surface area contributed by atoms with E-state index in [1.807, 2.05) is 0 Å². The second-order valence-electron chi connectivity index (χ2n) is 18.4. The Morgan fingerprint density at radius 3 is 1.41 bits per heavy atom. The van der Waals surface area contributed by atoms with Crippen LogP contribution < -0.4 is 9.80 Å². The van der Waals surface area contributed by atoms with Gasteiger partial charge in [0.25, 0.3) is 0 Å². The monoisotopic (exact) mass is 790 g/mol. The van der Waals surface area contributed by atoms with E-state index in [1.54, 1.807) is 0 Å². The van der Waals surface area contributed by atoms with E-state index >= 15 is 0 Å². The van der Waals surface area contributed by atoms with Gasteiger partial charge >= 0.3 is 0 Å². The molecule has 0 saturated heterocycles. The molecular formula is C58H50N2O. The van der Waals surface area contributed by atoms with Gasteiger partial charge in [0.1, 0.15) is 11.2 Å². The predicted molar refractivity (Wildman–Crippen MR) is 257 cm³/mol. The minimum atomic E-state index is -0.333. The number of aryl methyl sites for hydroxylation is 4. The molecule has 0 spiro atoms. The van der Waals surface area contributed by atoms with Crippen LogP contribution in [0, 0.1) is 27.7 Å². The van der Waals surface area contributed by atoms with E-state index in [-0.39, 0.29) is 10.8 Å². The van der Waals surface area contributed by atoms with Crippen LogP contribution >= 0.6 is 0 Å². The Hall–Kier alpha value is -6.84. The highest BCUT2D eigenvalue weighted by molar-refractivity contribution is 6.21. The van der Waals surface area contributed by atoms with E-state index < -0.39 is 0 Å². The van der Waals surface area contributed by atoms with E-state index in [2.05, 4.69) is 223 Å². The fourth-order valence-corrected chi connectivity index (χ4v) is 10.7. The molecule has 0 fully saturated rings. The molecular weight excluding hydrogens is 741 g/mol. The molecule has 8 aromatic carbocycles. The van der Waals surface area contributed by atoms with E-state index in [0.29, 0.717) is 0 Å². The maximum atomic E-state index is 7.08. The molecule has 0 radical (unpaired) electrons. The molecule has 2 aliphatic carbocycles. The first-order valence-corrected chi connectivity index (χ1v) is 21.6. The maximum Gasteiger partial charge on any atom is 0.144 e. The zero-order valence-electron chi connectivity index (χ0n) is 36.3. The van der Waals surface area contributed by atoms with Gasteiger partial charge in [0.2, 0.25) is 0 Å². The third-order valence-corrected chi connectivity index (χ3v) is 13.8.